The van der Waals surface area contributed by atoms with Gasteiger partial charge in [-0.25, -0.2) is 0 Å². The summed E-state index contributed by atoms with van der Waals surface area (Å²) >= 11 is 0. The maximum atomic E-state index is 12.0. The van der Waals surface area contributed by atoms with Gasteiger partial charge in [-0.2, -0.15) is 5.26 Å². The number of aryl methyl sites for hydroxylation is 1. The minimum absolute atomic E-state index is 0.0452. The van der Waals surface area contributed by atoms with Gasteiger partial charge in [-0.15, -0.1) is 0 Å². The number of hydrogen-bond donors (Lipinski definition) is 1. The molecule has 0 aliphatic heterocycles. The lowest BCUT2D eigenvalue weighted by Gasteiger charge is -2.18. The number of anilines is 1. The van der Waals surface area contributed by atoms with Crippen molar-refractivity contribution in [3.8, 4) is 11.8 Å². The Morgan fingerprint density at radius 1 is 1.22 bits per heavy atom. The Balaban J connectivity index is 1.60. The summed E-state index contributed by atoms with van der Waals surface area (Å²) in [6.45, 7) is -0.0452. The quantitative estimate of drug-likeness (QED) is 0.942. The summed E-state index contributed by atoms with van der Waals surface area (Å²) in [6, 6.07) is 10.6. The summed E-state index contributed by atoms with van der Waals surface area (Å²) in [5.74, 6) is 0.528. The van der Waals surface area contributed by atoms with Crippen molar-refractivity contribution >= 4 is 11.6 Å². The molecule has 0 saturated heterocycles. The Labute approximate surface area is 134 Å². The average molecular weight is 307 g/mol. The number of carbonyl (C=O) groups is 1. The van der Waals surface area contributed by atoms with Gasteiger partial charge in [0.15, 0.2) is 6.61 Å². The van der Waals surface area contributed by atoms with Crippen molar-refractivity contribution in [1.82, 2.24) is 4.98 Å². The van der Waals surface area contributed by atoms with Crippen molar-refractivity contribution in [2.75, 3.05) is 11.9 Å². The lowest BCUT2D eigenvalue weighted by Crippen LogP contribution is -2.21. The third-order valence-electron chi connectivity index (χ3n) is 3.85. The van der Waals surface area contributed by atoms with Crippen molar-refractivity contribution in [2.24, 2.45) is 0 Å². The van der Waals surface area contributed by atoms with Gasteiger partial charge in [-0.3, -0.25) is 9.78 Å². The number of amides is 1. The summed E-state index contributed by atoms with van der Waals surface area (Å²) in [5, 5.41) is 11.5. The molecule has 1 aromatic heterocycles. The molecule has 5 nitrogen and oxygen atoms in total. The molecule has 5 heteroatoms. The third-order valence-corrected chi connectivity index (χ3v) is 3.85. The number of benzene rings is 1. The summed E-state index contributed by atoms with van der Waals surface area (Å²) in [4.78, 5) is 16.4. The fourth-order valence-electron chi connectivity index (χ4n) is 2.70. The first-order valence-electron chi connectivity index (χ1n) is 7.66. The number of carbonyl (C=O) groups excluding carboxylic acids is 1. The van der Waals surface area contributed by atoms with E-state index in [0.717, 1.165) is 42.7 Å². The molecule has 1 N–H and O–H groups in total. The van der Waals surface area contributed by atoms with Crippen molar-refractivity contribution in [3.05, 3.63) is 53.3 Å². The Morgan fingerprint density at radius 3 is 2.78 bits per heavy atom. The Morgan fingerprint density at radius 2 is 2.00 bits per heavy atom. The van der Waals surface area contributed by atoms with E-state index < -0.39 is 0 Å². The van der Waals surface area contributed by atoms with Gasteiger partial charge in [0.05, 0.1) is 11.6 Å². The summed E-state index contributed by atoms with van der Waals surface area (Å²) in [5.41, 5.74) is 3.42. The monoisotopic (exact) mass is 307 g/mol. The van der Waals surface area contributed by atoms with E-state index in [-0.39, 0.29) is 12.5 Å². The summed E-state index contributed by atoms with van der Waals surface area (Å²) < 4.78 is 5.68. The van der Waals surface area contributed by atoms with Gasteiger partial charge in [0.25, 0.3) is 5.91 Å². The smallest absolute Gasteiger partial charge is 0.262 e. The SMILES string of the molecule is N#Cc1ccc(NC(=O)COc2ccnc3c2CCCC3)cc1. The number of ether oxygens (including phenoxy) is 1. The first-order valence-corrected chi connectivity index (χ1v) is 7.66. The van der Waals surface area contributed by atoms with Crippen LogP contribution >= 0.6 is 0 Å². The maximum Gasteiger partial charge on any atom is 0.262 e. The topological polar surface area (TPSA) is 75.0 Å². The van der Waals surface area contributed by atoms with Gasteiger partial charge in [-0.1, -0.05) is 0 Å². The lowest BCUT2D eigenvalue weighted by molar-refractivity contribution is -0.118. The first-order chi connectivity index (χ1) is 11.3. The van der Waals surface area contributed by atoms with E-state index >= 15 is 0 Å². The first kappa shape index (κ1) is 15.0. The minimum atomic E-state index is -0.226. The predicted molar refractivity (Wildman–Crippen MR) is 86.2 cm³/mol. The van der Waals surface area contributed by atoms with Gasteiger partial charge in [0.2, 0.25) is 0 Å². The zero-order valence-electron chi connectivity index (χ0n) is 12.7. The van der Waals surface area contributed by atoms with E-state index in [9.17, 15) is 4.79 Å². The highest BCUT2D eigenvalue weighted by Crippen LogP contribution is 2.27. The number of nitriles is 1. The highest BCUT2D eigenvalue weighted by atomic mass is 16.5. The second-order valence-electron chi connectivity index (χ2n) is 5.47. The van der Waals surface area contributed by atoms with Crippen LogP contribution in [0.4, 0.5) is 5.69 Å². The number of rotatable bonds is 4. The molecule has 2 aromatic rings. The van der Waals surface area contributed by atoms with E-state index in [4.69, 9.17) is 10.00 Å². The van der Waals surface area contributed by atoms with E-state index in [2.05, 4.69) is 10.3 Å². The predicted octanol–water partition coefficient (Wildman–Crippen LogP) is 2.85. The molecule has 0 atom stereocenters. The molecule has 116 valence electrons. The van der Waals surface area contributed by atoms with E-state index in [1.807, 2.05) is 12.1 Å². The van der Waals surface area contributed by atoms with Crippen LogP contribution in [0.15, 0.2) is 36.5 Å². The highest BCUT2D eigenvalue weighted by Gasteiger charge is 2.15. The van der Waals surface area contributed by atoms with E-state index in [0.29, 0.717) is 11.3 Å². The Bertz CT molecular complexity index is 748. The number of pyridine rings is 1. The molecule has 0 spiro atoms. The number of fused-ring (bicyclic) bond motifs is 1. The van der Waals surface area contributed by atoms with Crippen molar-refractivity contribution in [3.63, 3.8) is 0 Å². The molecule has 0 unspecified atom stereocenters. The normalized spacial score (nSPS) is 12.8. The molecule has 1 aliphatic rings. The van der Waals surface area contributed by atoms with Crippen LogP contribution < -0.4 is 10.1 Å². The zero-order chi connectivity index (χ0) is 16.1. The van der Waals surface area contributed by atoms with E-state index in [1.54, 1.807) is 30.5 Å². The Hall–Kier alpha value is -2.87. The van der Waals surface area contributed by atoms with Crippen LogP contribution in [-0.4, -0.2) is 17.5 Å². The molecule has 23 heavy (non-hydrogen) atoms. The molecule has 1 aliphatic carbocycles. The maximum absolute atomic E-state index is 12.0. The molecule has 0 saturated carbocycles. The van der Waals surface area contributed by atoms with Crippen LogP contribution in [0.25, 0.3) is 0 Å². The van der Waals surface area contributed by atoms with Crippen LogP contribution in [0.5, 0.6) is 5.75 Å². The van der Waals surface area contributed by atoms with Crippen LogP contribution in [0.2, 0.25) is 0 Å². The Kier molecular flexibility index (Phi) is 4.53. The number of nitrogens with zero attached hydrogens (tertiary/aromatic N) is 2. The molecule has 0 fully saturated rings. The molecule has 0 radical (unpaired) electrons. The molecule has 1 aromatic carbocycles. The van der Waals surface area contributed by atoms with Crippen LogP contribution in [-0.2, 0) is 17.6 Å². The van der Waals surface area contributed by atoms with Gasteiger partial charge in [0, 0.05) is 23.1 Å². The average Bonchev–Trinajstić information content (AvgIpc) is 2.60. The lowest BCUT2D eigenvalue weighted by atomic mass is 9.95. The highest BCUT2D eigenvalue weighted by molar-refractivity contribution is 5.91. The number of hydrogen-bond acceptors (Lipinski definition) is 4. The van der Waals surface area contributed by atoms with Crippen molar-refractivity contribution < 1.29 is 9.53 Å². The van der Waals surface area contributed by atoms with Crippen molar-refractivity contribution in [1.29, 1.82) is 5.26 Å². The summed E-state index contributed by atoms with van der Waals surface area (Å²) in [6.07, 6.45) is 5.95. The second-order valence-corrected chi connectivity index (χ2v) is 5.47. The fraction of sp³-hybridized carbons (Fsp3) is 0.278. The standard InChI is InChI=1S/C18H17N3O2/c19-11-13-5-7-14(8-6-13)21-18(22)12-23-17-9-10-20-16-4-2-1-3-15(16)17/h5-10H,1-4,12H2,(H,21,22). The van der Waals surface area contributed by atoms with Crippen LogP contribution in [0.3, 0.4) is 0 Å². The zero-order valence-corrected chi connectivity index (χ0v) is 12.7. The van der Waals surface area contributed by atoms with Crippen LogP contribution in [0, 0.1) is 11.3 Å². The molecule has 1 heterocycles. The molecule has 0 bridgehead atoms. The minimum Gasteiger partial charge on any atom is -0.483 e. The number of aromatic nitrogens is 1. The second kappa shape index (κ2) is 6.93. The fourth-order valence-corrected chi connectivity index (χ4v) is 2.70. The number of nitrogens with one attached hydrogen (secondary N) is 1. The van der Waals surface area contributed by atoms with Gasteiger partial charge in [0.1, 0.15) is 5.75 Å². The van der Waals surface area contributed by atoms with Gasteiger partial charge >= 0.3 is 0 Å². The largest absolute Gasteiger partial charge is 0.483 e. The van der Waals surface area contributed by atoms with Gasteiger partial charge in [-0.05, 0) is 56.0 Å². The van der Waals surface area contributed by atoms with E-state index in [1.165, 1.54) is 0 Å². The molecule has 1 amide bonds. The molecular weight excluding hydrogens is 290 g/mol. The third kappa shape index (κ3) is 3.67. The summed E-state index contributed by atoms with van der Waals surface area (Å²) in [7, 11) is 0. The van der Waals surface area contributed by atoms with Gasteiger partial charge < -0.3 is 10.1 Å². The van der Waals surface area contributed by atoms with Crippen LogP contribution in [0.1, 0.15) is 29.7 Å². The molecule has 3 rings (SSSR count). The molecular formula is C18H17N3O2. The van der Waals surface area contributed by atoms with Crippen molar-refractivity contribution in [2.45, 2.75) is 25.7 Å².